The van der Waals surface area contributed by atoms with Crippen LogP contribution in [0.15, 0.2) is 30.5 Å². The third-order valence-electron chi connectivity index (χ3n) is 3.54. The Morgan fingerprint density at radius 2 is 1.90 bits per heavy atom. The van der Waals surface area contributed by atoms with Crippen LogP contribution in [-0.4, -0.2) is 40.7 Å². The van der Waals surface area contributed by atoms with Gasteiger partial charge in [0.2, 0.25) is 0 Å². The van der Waals surface area contributed by atoms with Gasteiger partial charge in [-0.1, -0.05) is 6.92 Å². The Morgan fingerprint density at radius 1 is 1.24 bits per heavy atom. The third-order valence-corrected chi connectivity index (χ3v) is 3.54. The van der Waals surface area contributed by atoms with Crippen LogP contribution in [0.25, 0.3) is 11.4 Å². The maximum Gasteiger partial charge on any atom is 0.418 e. The van der Waals surface area contributed by atoms with Gasteiger partial charge in [-0.15, -0.1) is 0 Å². The number of nitrogens with zero attached hydrogens (tertiary/aromatic N) is 3. The molecule has 29 heavy (non-hydrogen) atoms. The monoisotopic (exact) mass is 412 g/mol. The fourth-order valence-corrected chi connectivity index (χ4v) is 2.21. The lowest BCUT2D eigenvalue weighted by Gasteiger charge is -2.16. The highest BCUT2D eigenvalue weighted by molar-refractivity contribution is 5.95. The Hall–Kier alpha value is -3.50. The second kappa shape index (κ2) is 10.2. The van der Waals surface area contributed by atoms with Gasteiger partial charge in [0.25, 0.3) is 5.91 Å². The quantitative estimate of drug-likeness (QED) is 0.768. The number of anilines is 1. The van der Waals surface area contributed by atoms with E-state index in [-0.39, 0.29) is 23.5 Å². The summed E-state index contributed by atoms with van der Waals surface area (Å²) in [5, 5.41) is 0.777. The zero-order chi connectivity index (χ0) is 22.2. The van der Waals surface area contributed by atoms with Gasteiger partial charge in [-0.2, -0.15) is 18.2 Å². The molecule has 0 bridgehead atoms. The van der Waals surface area contributed by atoms with Crippen molar-refractivity contribution in [3.05, 3.63) is 41.6 Å². The molecule has 2 aromatic heterocycles. The van der Waals surface area contributed by atoms with Crippen LogP contribution < -0.4 is 5.73 Å². The summed E-state index contributed by atoms with van der Waals surface area (Å²) in [4.78, 5) is 44.2. The summed E-state index contributed by atoms with van der Waals surface area (Å²) in [6.45, 7) is 3.79. The van der Waals surface area contributed by atoms with E-state index in [0.29, 0.717) is 6.42 Å². The van der Waals surface area contributed by atoms with Crippen LogP contribution in [0.5, 0.6) is 0 Å². The molecule has 2 aromatic rings. The number of amides is 1. The molecular formula is C18H19F3N4O4. The summed E-state index contributed by atoms with van der Waals surface area (Å²) in [7, 11) is 1.28. The Balaban J connectivity index is 0.00000204. The molecule has 0 saturated carbocycles. The lowest BCUT2D eigenvalue weighted by molar-refractivity contribution is -0.161. The normalized spacial score (nSPS) is 10.5. The summed E-state index contributed by atoms with van der Waals surface area (Å²) in [5.74, 6) is -1.69. The Morgan fingerprint density at radius 3 is 2.45 bits per heavy atom. The molecule has 0 unspecified atom stereocenters. The number of hydrogen-bond donors (Lipinski definition) is 1. The molecular weight excluding hydrogens is 393 g/mol. The van der Waals surface area contributed by atoms with Gasteiger partial charge in [-0.05, 0) is 30.7 Å². The summed E-state index contributed by atoms with van der Waals surface area (Å²) < 4.78 is 39.3. The number of pyridine rings is 2. The van der Waals surface area contributed by atoms with Crippen molar-refractivity contribution in [2.24, 2.45) is 0 Å². The molecule has 156 valence electrons. The Kier molecular flexibility index (Phi) is 8.24. The van der Waals surface area contributed by atoms with Gasteiger partial charge in [-0.3, -0.25) is 9.78 Å². The van der Waals surface area contributed by atoms with Crippen LogP contribution in [-0.2, 0) is 20.6 Å². The first-order chi connectivity index (χ1) is 13.6. The van der Waals surface area contributed by atoms with Crippen LogP contribution in [0.2, 0.25) is 0 Å². The Bertz CT molecular complexity index is 874. The van der Waals surface area contributed by atoms with Gasteiger partial charge in [0.1, 0.15) is 23.9 Å². The van der Waals surface area contributed by atoms with Crippen LogP contribution in [0.1, 0.15) is 35.7 Å². The van der Waals surface area contributed by atoms with Crippen molar-refractivity contribution in [3.8, 4) is 11.4 Å². The number of carbonyl (C=O) groups is 3. The molecule has 0 aliphatic rings. The molecule has 0 spiro atoms. The molecule has 0 aromatic carbocycles. The summed E-state index contributed by atoms with van der Waals surface area (Å²) >= 11 is 0. The van der Waals surface area contributed by atoms with Gasteiger partial charge in [0.15, 0.2) is 0 Å². The predicted octanol–water partition coefficient (Wildman–Crippen LogP) is 2.89. The van der Waals surface area contributed by atoms with Gasteiger partial charge in [0.05, 0.1) is 11.3 Å². The van der Waals surface area contributed by atoms with E-state index in [9.17, 15) is 22.8 Å². The number of hydroxylamine groups is 2. The molecule has 8 nitrogen and oxygen atoms in total. The fraction of sp³-hybridized carbons (Fsp3) is 0.278. The van der Waals surface area contributed by atoms with E-state index < -0.39 is 29.3 Å². The number of rotatable bonds is 4. The van der Waals surface area contributed by atoms with E-state index in [0.717, 1.165) is 17.2 Å². The van der Waals surface area contributed by atoms with Crippen molar-refractivity contribution in [1.82, 2.24) is 15.0 Å². The highest BCUT2D eigenvalue weighted by atomic mass is 19.4. The van der Waals surface area contributed by atoms with Crippen molar-refractivity contribution in [2.45, 2.75) is 25.9 Å². The average Bonchev–Trinajstić information content (AvgIpc) is 2.68. The number of nitrogen functional groups attached to an aromatic ring is 1. The number of aromatic nitrogens is 2. The van der Waals surface area contributed by atoms with Gasteiger partial charge >= 0.3 is 12.1 Å². The molecule has 0 saturated heterocycles. The lowest BCUT2D eigenvalue weighted by atomic mass is 10.1. The average molecular weight is 412 g/mol. The second-order valence-electron chi connectivity index (χ2n) is 5.55. The molecule has 0 aliphatic carbocycles. The molecule has 0 atom stereocenters. The minimum Gasteiger partial charge on any atom is -0.383 e. The maximum atomic E-state index is 13.1. The van der Waals surface area contributed by atoms with E-state index in [1.54, 1.807) is 6.92 Å². The molecule has 11 heteroatoms. The van der Waals surface area contributed by atoms with Crippen molar-refractivity contribution in [2.75, 3.05) is 12.8 Å². The van der Waals surface area contributed by atoms with E-state index in [4.69, 9.17) is 15.4 Å². The summed E-state index contributed by atoms with van der Waals surface area (Å²) in [5.41, 5.74) is 3.99. The number of alkyl halides is 3. The van der Waals surface area contributed by atoms with Crippen molar-refractivity contribution in [3.63, 3.8) is 0 Å². The Labute approximate surface area is 164 Å². The highest BCUT2D eigenvalue weighted by Gasteiger charge is 2.34. The van der Waals surface area contributed by atoms with E-state index >= 15 is 0 Å². The second-order valence-corrected chi connectivity index (χ2v) is 5.55. The summed E-state index contributed by atoms with van der Waals surface area (Å²) in [6.07, 6.45) is -2.67. The molecule has 2 rings (SSSR count). The summed E-state index contributed by atoms with van der Waals surface area (Å²) in [6, 6.07) is 4.38. The lowest BCUT2D eigenvalue weighted by Crippen LogP contribution is -2.30. The van der Waals surface area contributed by atoms with Crippen molar-refractivity contribution >= 4 is 24.5 Å². The van der Waals surface area contributed by atoms with Gasteiger partial charge in [-0.25, -0.2) is 9.78 Å². The first-order valence-electron chi connectivity index (χ1n) is 8.22. The first kappa shape index (κ1) is 23.5. The number of hydrogen-bond acceptors (Lipinski definition) is 7. The topological polar surface area (TPSA) is 115 Å². The molecule has 2 N–H and O–H groups in total. The minimum absolute atomic E-state index is 0.146. The van der Waals surface area contributed by atoms with E-state index in [1.807, 2.05) is 6.79 Å². The largest absolute Gasteiger partial charge is 0.418 e. The van der Waals surface area contributed by atoms with Crippen molar-refractivity contribution in [1.29, 1.82) is 0 Å². The first-order valence-corrected chi connectivity index (χ1v) is 8.22. The van der Waals surface area contributed by atoms with Crippen LogP contribution in [0.4, 0.5) is 19.0 Å². The predicted molar refractivity (Wildman–Crippen MR) is 97.1 cm³/mol. The molecule has 0 radical (unpaired) electrons. The minimum atomic E-state index is -4.63. The fourth-order valence-electron chi connectivity index (χ4n) is 2.21. The van der Waals surface area contributed by atoms with Crippen LogP contribution >= 0.6 is 0 Å². The van der Waals surface area contributed by atoms with Crippen LogP contribution in [0.3, 0.4) is 0 Å². The zero-order valence-corrected chi connectivity index (χ0v) is 15.7. The van der Waals surface area contributed by atoms with Gasteiger partial charge in [0, 0.05) is 19.7 Å². The maximum absolute atomic E-state index is 13.1. The number of nitrogens with two attached hydrogens (primary N) is 1. The van der Waals surface area contributed by atoms with Crippen molar-refractivity contribution < 1.29 is 32.4 Å². The highest BCUT2D eigenvalue weighted by Crippen LogP contribution is 2.35. The SMILES string of the molecule is C=O.CCCC(=O)N(C)OC(=O)c1ccc(-c2ncccc2C(F)(F)F)nc1N. The smallest absolute Gasteiger partial charge is 0.383 e. The molecule has 0 aliphatic heterocycles. The van der Waals surface area contributed by atoms with Gasteiger partial charge < -0.3 is 15.4 Å². The molecule has 2 heterocycles. The molecule has 1 amide bonds. The zero-order valence-electron chi connectivity index (χ0n) is 15.7. The number of halogens is 3. The van der Waals surface area contributed by atoms with E-state index in [2.05, 4.69) is 9.97 Å². The number of carbonyl (C=O) groups excluding carboxylic acids is 3. The van der Waals surface area contributed by atoms with E-state index in [1.165, 1.54) is 25.4 Å². The van der Waals surface area contributed by atoms with Crippen LogP contribution in [0, 0.1) is 0 Å². The third kappa shape index (κ3) is 5.99. The standard InChI is InChI=1S/C17H17F3N4O3.CH2O/c1-3-5-13(25)24(2)27-16(26)10-7-8-12(23-15(10)21)14-11(17(18,19)20)6-4-9-22-14;1-2/h4,6-9H,3,5H2,1-2H3,(H2,21,23);1H2. The molecule has 0 fully saturated rings.